The molecule has 0 aliphatic carbocycles. The lowest BCUT2D eigenvalue weighted by molar-refractivity contribution is -0.00525. The third kappa shape index (κ3) is 2.55. The molecule has 0 aromatic heterocycles. The molecule has 1 aromatic rings. The number of aliphatic hydroxyl groups is 1. The number of carbonyl (C=O) groups excluding carboxylic acids is 1. The molecule has 0 bridgehead atoms. The molecule has 0 saturated carbocycles. The summed E-state index contributed by atoms with van der Waals surface area (Å²) in [6.45, 7) is 3.97. The molecule has 1 aliphatic rings. The highest BCUT2D eigenvalue weighted by Gasteiger charge is 2.46. The van der Waals surface area contributed by atoms with Crippen molar-refractivity contribution in [2.24, 2.45) is 11.3 Å². The van der Waals surface area contributed by atoms with Gasteiger partial charge in [-0.3, -0.25) is 4.79 Å². The van der Waals surface area contributed by atoms with Crippen LogP contribution in [0.1, 0.15) is 30.6 Å². The second kappa shape index (κ2) is 5.02. The van der Waals surface area contributed by atoms with Crippen molar-refractivity contribution in [1.82, 2.24) is 4.90 Å². The van der Waals surface area contributed by atoms with E-state index in [9.17, 15) is 9.90 Å². The van der Waals surface area contributed by atoms with Crippen LogP contribution in [0, 0.1) is 11.3 Å². The molecule has 1 aliphatic heterocycles. The summed E-state index contributed by atoms with van der Waals surface area (Å²) < 4.78 is 0. The van der Waals surface area contributed by atoms with Gasteiger partial charge in [0, 0.05) is 12.6 Å². The maximum absolute atomic E-state index is 12.7. The van der Waals surface area contributed by atoms with E-state index in [1.165, 1.54) is 0 Å². The molecule has 1 heterocycles. The number of piperidine rings is 1. The summed E-state index contributed by atoms with van der Waals surface area (Å²) in [5, 5.41) is 9.98. The second-order valence-corrected chi connectivity index (χ2v) is 6.20. The monoisotopic (exact) mass is 277 g/mol. The lowest BCUT2D eigenvalue weighted by Gasteiger charge is -2.45. The molecular weight excluding hydrogens is 258 g/mol. The van der Waals surface area contributed by atoms with E-state index in [0.29, 0.717) is 17.0 Å². The Kier molecular flexibility index (Phi) is 3.74. The summed E-state index contributed by atoms with van der Waals surface area (Å²) >= 11 is 5.40. The Morgan fingerprint density at radius 1 is 1.37 bits per heavy atom. The van der Waals surface area contributed by atoms with E-state index in [1.807, 2.05) is 44.2 Å². The van der Waals surface area contributed by atoms with Crippen molar-refractivity contribution in [3.63, 3.8) is 0 Å². The quantitative estimate of drug-likeness (QED) is 0.666. The lowest BCUT2D eigenvalue weighted by Crippen LogP contribution is -2.54. The average molecular weight is 277 g/mol. The zero-order valence-corrected chi connectivity index (χ0v) is 12.3. The van der Waals surface area contributed by atoms with E-state index >= 15 is 0 Å². The largest absolute Gasteiger partial charge is 0.374 e. The fourth-order valence-electron chi connectivity index (χ4n) is 2.65. The summed E-state index contributed by atoms with van der Waals surface area (Å²) in [6, 6.07) is 9.21. The van der Waals surface area contributed by atoms with Crippen LogP contribution in [0.4, 0.5) is 0 Å². The van der Waals surface area contributed by atoms with Crippen LogP contribution in [-0.2, 0) is 0 Å². The van der Waals surface area contributed by atoms with E-state index in [1.54, 1.807) is 11.9 Å². The molecule has 0 unspecified atom stereocenters. The second-order valence-electron chi connectivity index (χ2n) is 5.79. The SMILES string of the molecule is CN1C(=S)[C@@H](C(=O)c2ccccc2)C(C)(C)C[C@H]1O. The Balaban J connectivity index is 2.36. The van der Waals surface area contributed by atoms with Crippen LogP contribution in [0.5, 0.6) is 0 Å². The molecule has 2 rings (SSSR count). The highest BCUT2D eigenvalue weighted by atomic mass is 32.1. The highest BCUT2D eigenvalue weighted by molar-refractivity contribution is 7.80. The minimum Gasteiger partial charge on any atom is -0.374 e. The van der Waals surface area contributed by atoms with Crippen LogP contribution in [0.2, 0.25) is 0 Å². The van der Waals surface area contributed by atoms with E-state index in [0.717, 1.165) is 0 Å². The Bertz CT molecular complexity index is 498. The van der Waals surface area contributed by atoms with Crippen molar-refractivity contribution >= 4 is 23.0 Å². The molecule has 1 aromatic carbocycles. The Morgan fingerprint density at radius 2 is 1.95 bits per heavy atom. The zero-order chi connectivity index (χ0) is 14.2. The van der Waals surface area contributed by atoms with Gasteiger partial charge in [0.15, 0.2) is 5.78 Å². The average Bonchev–Trinajstić information content (AvgIpc) is 2.36. The third-order valence-corrected chi connectivity index (χ3v) is 4.38. The first-order valence-corrected chi connectivity index (χ1v) is 6.79. The fraction of sp³-hybridized carbons (Fsp3) is 0.467. The number of nitrogens with zero attached hydrogens (tertiary/aromatic N) is 1. The summed E-state index contributed by atoms with van der Waals surface area (Å²) in [4.78, 5) is 14.8. The summed E-state index contributed by atoms with van der Waals surface area (Å²) in [7, 11) is 1.74. The van der Waals surface area contributed by atoms with Crippen molar-refractivity contribution in [2.75, 3.05) is 7.05 Å². The number of benzene rings is 1. The van der Waals surface area contributed by atoms with Crippen LogP contribution in [0.15, 0.2) is 30.3 Å². The first-order valence-electron chi connectivity index (χ1n) is 6.38. The highest BCUT2D eigenvalue weighted by Crippen LogP contribution is 2.40. The molecule has 1 fully saturated rings. The molecule has 4 heteroatoms. The number of hydrogen-bond donors (Lipinski definition) is 1. The Labute approximate surface area is 119 Å². The molecular formula is C15H19NO2S. The van der Waals surface area contributed by atoms with Crippen molar-refractivity contribution in [3.05, 3.63) is 35.9 Å². The topological polar surface area (TPSA) is 40.5 Å². The predicted octanol–water partition coefficient (Wildman–Crippen LogP) is 2.49. The molecule has 102 valence electrons. The standard InChI is InChI=1S/C15H19NO2S/c1-15(2)9-11(17)16(3)14(19)12(15)13(18)10-7-5-4-6-8-10/h4-8,11-12,17H,9H2,1-3H3/t11-,12-/m1/s1. The van der Waals surface area contributed by atoms with E-state index < -0.39 is 6.23 Å². The molecule has 19 heavy (non-hydrogen) atoms. The summed E-state index contributed by atoms with van der Waals surface area (Å²) in [5.74, 6) is -0.326. The van der Waals surface area contributed by atoms with Crippen molar-refractivity contribution < 1.29 is 9.90 Å². The van der Waals surface area contributed by atoms with Crippen LogP contribution in [0.25, 0.3) is 0 Å². The maximum Gasteiger partial charge on any atom is 0.173 e. The first-order chi connectivity index (χ1) is 8.84. The van der Waals surface area contributed by atoms with Crippen LogP contribution in [0.3, 0.4) is 0 Å². The lowest BCUT2D eigenvalue weighted by atomic mass is 9.69. The molecule has 0 spiro atoms. The van der Waals surface area contributed by atoms with E-state index in [4.69, 9.17) is 12.2 Å². The van der Waals surface area contributed by atoms with E-state index in [-0.39, 0.29) is 17.1 Å². The number of ketones is 1. The third-order valence-electron chi connectivity index (χ3n) is 3.85. The van der Waals surface area contributed by atoms with Crippen LogP contribution >= 0.6 is 12.2 Å². The van der Waals surface area contributed by atoms with Gasteiger partial charge in [-0.1, -0.05) is 56.4 Å². The molecule has 1 N–H and O–H groups in total. The predicted molar refractivity (Wildman–Crippen MR) is 79.0 cm³/mol. The Hall–Kier alpha value is -1.26. The van der Waals surface area contributed by atoms with Gasteiger partial charge in [0.05, 0.1) is 10.9 Å². The number of likely N-dealkylation sites (tertiary alicyclic amines) is 1. The molecule has 0 amide bonds. The fourth-order valence-corrected chi connectivity index (χ4v) is 3.19. The minimum absolute atomic E-state index is 0.0364. The van der Waals surface area contributed by atoms with Gasteiger partial charge in [0.1, 0.15) is 6.23 Å². The van der Waals surface area contributed by atoms with Gasteiger partial charge < -0.3 is 10.0 Å². The summed E-state index contributed by atoms with van der Waals surface area (Å²) in [6.07, 6.45) is -0.0744. The molecule has 0 radical (unpaired) electrons. The van der Waals surface area contributed by atoms with E-state index in [2.05, 4.69) is 0 Å². The van der Waals surface area contributed by atoms with Crippen molar-refractivity contribution in [3.8, 4) is 0 Å². The Morgan fingerprint density at radius 3 is 2.53 bits per heavy atom. The van der Waals surface area contributed by atoms with Gasteiger partial charge in [0.2, 0.25) is 0 Å². The molecule has 2 atom stereocenters. The van der Waals surface area contributed by atoms with Crippen molar-refractivity contribution in [2.45, 2.75) is 26.5 Å². The smallest absolute Gasteiger partial charge is 0.173 e. The van der Waals surface area contributed by atoms with Gasteiger partial charge >= 0.3 is 0 Å². The molecule has 3 nitrogen and oxygen atoms in total. The van der Waals surface area contributed by atoms with Gasteiger partial charge in [-0.15, -0.1) is 0 Å². The normalized spacial score (nSPS) is 26.3. The van der Waals surface area contributed by atoms with Gasteiger partial charge in [-0.05, 0) is 11.8 Å². The number of rotatable bonds is 2. The number of thiocarbonyl (C=S) groups is 1. The minimum atomic E-state index is -0.609. The number of aliphatic hydroxyl groups excluding tert-OH is 1. The van der Waals surface area contributed by atoms with Gasteiger partial charge in [0.25, 0.3) is 0 Å². The zero-order valence-electron chi connectivity index (χ0n) is 11.5. The van der Waals surface area contributed by atoms with Crippen LogP contribution in [-0.4, -0.2) is 34.1 Å². The van der Waals surface area contributed by atoms with Crippen LogP contribution < -0.4 is 0 Å². The number of hydrogen-bond acceptors (Lipinski definition) is 3. The number of carbonyl (C=O) groups is 1. The number of Topliss-reactive ketones (excluding diaryl/α,β-unsaturated/α-hetero) is 1. The maximum atomic E-state index is 12.7. The molecule has 1 saturated heterocycles. The first kappa shape index (κ1) is 14.2. The van der Waals surface area contributed by atoms with Gasteiger partial charge in [-0.2, -0.15) is 0 Å². The summed E-state index contributed by atoms with van der Waals surface area (Å²) in [5.41, 5.74) is 0.336. The van der Waals surface area contributed by atoms with Gasteiger partial charge in [-0.25, -0.2) is 0 Å². The van der Waals surface area contributed by atoms with Crippen molar-refractivity contribution in [1.29, 1.82) is 0 Å².